The number of rotatable bonds is 9. The molecule has 4 atom stereocenters. The molecule has 1 aliphatic heterocycles. The van der Waals surface area contributed by atoms with E-state index < -0.39 is 13.0 Å². The Kier molecular flexibility index (Phi) is 8.66. The number of halogens is 3. The van der Waals surface area contributed by atoms with Crippen molar-refractivity contribution in [1.82, 2.24) is 15.5 Å². The van der Waals surface area contributed by atoms with Crippen molar-refractivity contribution in [3.63, 3.8) is 0 Å². The Morgan fingerprint density at radius 1 is 1.18 bits per heavy atom. The van der Waals surface area contributed by atoms with Crippen LogP contribution >= 0.6 is 24.0 Å². The maximum atomic E-state index is 12.8. The molecule has 7 nitrogen and oxygen atoms in total. The molecule has 1 aromatic rings. The van der Waals surface area contributed by atoms with Gasteiger partial charge in [-0.2, -0.15) is 0 Å². The Bertz CT molecular complexity index is 897. The van der Waals surface area contributed by atoms with Gasteiger partial charge in [-0.25, -0.2) is 13.8 Å². The lowest BCUT2D eigenvalue weighted by atomic mass is 9.85. The van der Waals surface area contributed by atoms with Crippen molar-refractivity contribution in [3.05, 3.63) is 42.0 Å². The van der Waals surface area contributed by atoms with E-state index >= 15 is 0 Å². The van der Waals surface area contributed by atoms with Crippen molar-refractivity contribution < 1.29 is 23.1 Å². The molecule has 0 spiro atoms. The molecule has 1 aromatic carbocycles. The van der Waals surface area contributed by atoms with Crippen LogP contribution in [0.4, 0.5) is 8.78 Å². The van der Waals surface area contributed by atoms with Gasteiger partial charge in [0.1, 0.15) is 12.4 Å². The molecule has 2 amide bonds. The van der Waals surface area contributed by atoms with E-state index in [9.17, 15) is 18.4 Å². The molecule has 0 radical (unpaired) electrons. The number of carbonyl (C=O) groups excluding carboxylic acids is 2. The van der Waals surface area contributed by atoms with Gasteiger partial charge >= 0.3 is 0 Å². The van der Waals surface area contributed by atoms with Crippen molar-refractivity contribution in [2.75, 3.05) is 26.2 Å². The quantitative estimate of drug-likeness (QED) is 0.156. The third-order valence-electron chi connectivity index (χ3n) is 6.23. The molecule has 180 valence electrons. The number of nitrogens with zero attached hydrogens (tertiary/aromatic N) is 2. The number of imide groups is 1. The van der Waals surface area contributed by atoms with Gasteiger partial charge in [-0.15, -0.1) is 24.0 Å². The largest absolute Gasteiger partial charge is 0.488 e. The first-order valence-electron chi connectivity index (χ1n) is 11.0. The number of likely N-dealkylation sites (tertiary alicyclic amines) is 1. The van der Waals surface area contributed by atoms with E-state index in [4.69, 9.17) is 4.74 Å². The fourth-order valence-corrected chi connectivity index (χ4v) is 4.88. The van der Waals surface area contributed by atoms with Crippen LogP contribution in [0, 0.1) is 23.7 Å². The summed E-state index contributed by atoms with van der Waals surface area (Å²) in [5.41, 5.74) is 0.815. The second kappa shape index (κ2) is 11.3. The van der Waals surface area contributed by atoms with E-state index in [1.165, 1.54) is 4.90 Å². The van der Waals surface area contributed by atoms with Crippen LogP contribution in [-0.4, -0.2) is 55.3 Å². The molecular formula is C23H29F2IN4O3. The number of nitrogens with one attached hydrogen (secondary N) is 2. The lowest BCUT2D eigenvalue weighted by Crippen LogP contribution is -2.43. The summed E-state index contributed by atoms with van der Waals surface area (Å²) >= 11 is 0. The van der Waals surface area contributed by atoms with E-state index in [-0.39, 0.29) is 59.5 Å². The minimum absolute atomic E-state index is 0. The van der Waals surface area contributed by atoms with E-state index in [0.717, 1.165) is 12.0 Å². The Hall–Kier alpha value is -2.24. The number of fused-ring (bicyclic) bond motifs is 5. The molecule has 10 heteroatoms. The highest BCUT2D eigenvalue weighted by Gasteiger charge is 2.58. The number of benzene rings is 1. The van der Waals surface area contributed by atoms with Crippen molar-refractivity contribution in [3.8, 4) is 5.75 Å². The molecule has 4 rings (SSSR count). The maximum absolute atomic E-state index is 12.8. The van der Waals surface area contributed by atoms with Crippen LogP contribution in [0.2, 0.25) is 0 Å². The Morgan fingerprint density at radius 3 is 2.52 bits per heavy atom. The van der Waals surface area contributed by atoms with Crippen LogP contribution in [0.5, 0.6) is 5.75 Å². The lowest BCUT2D eigenvalue weighted by molar-refractivity contribution is -0.140. The predicted molar refractivity (Wildman–Crippen MR) is 131 cm³/mol. The Labute approximate surface area is 209 Å². The van der Waals surface area contributed by atoms with Crippen molar-refractivity contribution in [2.24, 2.45) is 28.7 Å². The number of hydrogen-bond acceptors (Lipinski definition) is 4. The van der Waals surface area contributed by atoms with Crippen LogP contribution in [0.3, 0.4) is 0 Å². The number of amides is 2. The molecule has 0 aromatic heterocycles. The summed E-state index contributed by atoms with van der Waals surface area (Å²) in [6, 6.07) is 6.87. The summed E-state index contributed by atoms with van der Waals surface area (Å²) in [5.74, 6) is 0.862. The van der Waals surface area contributed by atoms with E-state index in [1.807, 2.05) is 13.0 Å². The molecule has 4 unspecified atom stereocenters. The molecule has 1 saturated carbocycles. The number of carbonyl (C=O) groups is 2. The number of hydrogen-bond donors (Lipinski definition) is 2. The zero-order valence-corrected chi connectivity index (χ0v) is 20.7. The SMILES string of the molecule is CCNC(=NCc1cccc(OCC(F)F)c1)NCCN1C(=O)C2C3C=CC(C3)C2C1=O.I. The first-order valence-corrected chi connectivity index (χ1v) is 11.0. The van der Waals surface area contributed by atoms with Gasteiger partial charge in [-0.05, 0) is 42.9 Å². The van der Waals surface area contributed by atoms with Crippen LogP contribution in [0.25, 0.3) is 0 Å². The standard InChI is InChI=1S/C23H28F2N4O3.HI/c1-2-26-23(28-12-14-4-3-5-17(10-14)32-13-18(24)25)27-8-9-29-21(30)19-15-6-7-16(11-15)20(19)22(29)31;/h3-7,10,15-16,18-20H,2,8-9,11-13H2,1H3,(H2,26,27,28);1H. The summed E-state index contributed by atoms with van der Waals surface area (Å²) in [7, 11) is 0. The zero-order valence-electron chi connectivity index (χ0n) is 18.4. The van der Waals surface area contributed by atoms with Gasteiger partial charge in [-0.1, -0.05) is 24.3 Å². The van der Waals surface area contributed by atoms with Crippen molar-refractivity contribution >= 4 is 41.8 Å². The maximum Gasteiger partial charge on any atom is 0.272 e. The fourth-order valence-electron chi connectivity index (χ4n) is 4.88. The molecule has 1 saturated heterocycles. The Morgan fingerprint density at radius 2 is 1.88 bits per heavy atom. The van der Waals surface area contributed by atoms with Gasteiger partial charge in [0, 0.05) is 19.6 Å². The highest BCUT2D eigenvalue weighted by Crippen LogP contribution is 2.52. The van der Waals surface area contributed by atoms with Gasteiger partial charge in [0.2, 0.25) is 11.8 Å². The van der Waals surface area contributed by atoms with Gasteiger partial charge in [0.15, 0.2) is 5.96 Å². The molecule has 2 bridgehead atoms. The molecular weight excluding hydrogens is 545 g/mol. The summed E-state index contributed by atoms with van der Waals surface area (Å²) in [6.07, 6.45) is 2.57. The second-order valence-electron chi connectivity index (χ2n) is 8.30. The number of alkyl halides is 2. The van der Waals surface area contributed by atoms with Gasteiger partial charge in [0.05, 0.1) is 18.4 Å². The monoisotopic (exact) mass is 574 g/mol. The average Bonchev–Trinajstić information content (AvgIpc) is 3.46. The first-order chi connectivity index (χ1) is 15.5. The summed E-state index contributed by atoms with van der Waals surface area (Å²) in [6.45, 7) is 2.94. The van der Waals surface area contributed by atoms with E-state index in [0.29, 0.717) is 37.9 Å². The molecule has 2 fully saturated rings. The summed E-state index contributed by atoms with van der Waals surface area (Å²) in [5, 5.41) is 6.29. The number of ether oxygens (including phenoxy) is 1. The molecule has 2 N–H and O–H groups in total. The normalized spacial score (nSPS) is 25.5. The first kappa shape index (κ1) is 25.4. The van der Waals surface area contributed by atoms with Crippen molar-refractivity contribution in [2.45, 2.75) is 26.3 Å². The number of guanidine groups is 1. The molecule has 1 heterocycles. The van der Waals surface area contributed by atoms with Crippen LogP contribution in [0.15, 0.2) is 41.4 Å². The lowest BCUT2D eigenvalue weighted by Gasteiger charge is -2.18. The van der Waals surface area contributed by atoms with Gasteiger partial charge in [0.25, 0.3) is 6.43 Å². The number of aliphatic imine (C=N–C) groups is 1. The predicted octanol–water partition coefficient (Wildman–Crippen LogP) is 2.81. The van der Waals surface area contributed by atoms with Crippen LogP contribution in [0.1, 0.15) is 18.9 Å². The van der Waals surface area contributed by atoms with E-state index in [1.54, 1.807) is 18.2 Å². The fraction of sp³-hybridized carbons (Fsp3) is 0.522. The van der Waals surface area contributed by atoms with Crippen molar-refractivity contribution in [1.29, 1.82) is 0 Å². The zero-order chi connectivity index (χ0) is 22.7. The molecule has 3 aliphatic rings. The summed E-state index contributed by atoms with van der Waals surface area (Å²) in [4.78, 5) is 31.4. The van der Waals surface area contributed by atoms with E-state index in [2.05, 4.69) is 27.8 Å². The summed E-state index contributed by atoms with van der Waals surface area (Å²) < 4.78 is 29.7. The highest BCUT2D eigenvalue weighted by atomic mass is 127. The third kappa shape index (κ3) is 5.64. The van der Waals surface area contributed by atoms with Crippen LogP contribution < -0.4 is 15.4 Å². The smallest absolute Gasteiger partial charge is 0.272 e. The molecule has 33 heavy (non-hydrogen) atoms. The highest BCUT2D eigenvalue weighted by molar-refractivity contribution is 14.0. The number of allylic oxidation sites excluding steroid dienone is 2. The minimum atomic E-state index is -2.53. The molecule has 2 aliphatic carbocycles. The van der Waals surface area contributed by atoms with Crippen LogP contribution in [-0.2, 0) is 16.1 Å². The minimum Gasteiger partial charge on any atom is -0.488 e. The Balaban J connectivity index is 0.00000306. The third-order valence-corrected chi connectivity index (χ3v) is 6.23. The second-order valence-corrected chi connectivity index (χ2v) is 8.30. The van der Waals surface area contributed by atoms with Gasteiger partial charge < -0.3 is 15.4 Å². The topological polar surface area (TPSA) is 83.0 Å². The average molecular weight is 574 g/mol. The van der Waals surface area contributed by atoms with Gasteiger partial charge in [-0.3, -0.25) is 14.5 Å².